The van der Waals surface area contributed by atoms with Crippen molar-refractivity contribution in [2.24, 2.45) is 0 Å². The number of nitrogens with one attached hydrogen (secondary N) is 1. The van der Waals surface area contributed by atoms with Crippen molar-refractivity contribution in [3.63, 3.8) is 0 Å². The quantitative estimate of drug-likeness (QED) is 0.360. The predicted octanol–water partition coefficient (Wildman–Crippen LogP) is -0.0877. The largest absolute Gasteiger partial charge is 0.496 e. The number of aromatic nitrogens is 4. The Morgan fingerprint density at radius 2 is 2.27 bits per heavy atom. The molecule has 2 atom stereocenters. The number of carboxylic acids is 1. The van der Waals surface area contributed by atoms with E-state index in [-0.39, 0.29) is 24.4 Å². The van der Waals surface area contributed by atoms with Crippen LogP contribution >= 0.6 is 0 Å². The molecule has 4 rings (SSSR count). The van der Waals surface area contributed by atoms with E-state index < -0.39 is 23.6 Å². The zero-order valence-electron chi connectivity index (χ0n) is 18.1. The highest BCUT2D eigenvalue weighted by Crippen LogP contribution is 2.41. The maximum Gasteiger partial charge on any atom is 0.345 e. The van der Waals surface area contributed by atoms with Crippen LogP contribution in [0.1, 0.15) is 29.6 Å². The first-order chi connectivity index (χ1) is 15.8. The van der Waals surface area contributed by atoms with Gasteiger partial charge in [-0.25, -0.2) is 5.01 Å². The van der Waals surface area contributed by atoms with Crippen molar-refractivity contribution in [1.82, 2.24) is 15.2 Å². The topological polar surface area (TPSA) is 159 Å². The molecule has 0 fully saturated rings. The van der Waals surface area contributed by atoms with Gasteiger partial charge in [-0.2, -0.15) is 10.4 Å². The number of aliphatic hydroxyl groups is 2. The molecular weight excluding hydrogens is 428 g/mol. The molecule has 0 radical (unpaired) electrons. The van der Waals surface area contributed by atoms with E-state index in [0.29, 0.717) is 22.7 Å². The number of carboxylic acid groups (broad SMARTS) is 1. The highest BCUT2D eigenvalue weighted by Gasteiger charge is 2.60. The van der Waals surface area contributed by atoms with Crippen LogP contribution < -0.4 is 14.4 Å². The number of aromatic amines is 1. The minimum Gasteiger partial charge on any atom is -0.496 e. The number of methoxy groups -OCH3 is 1. The van der Waals surface area contributed by atoms with Gasteiger partial charge in [-0.1, -0.05) is 4.98 Å². The van der Waals surface area contributed by atoms with E-state index in [9.17, 15) is 25.4 Å². The Kier molecular flexibility index (Phi) is 5.49. The molecule has 33 heavy (non-hydrogen) atoms. The lowest BCUT2D eigenvalue weighted by Gasteiger charge is -2.24. The lowest BCUT2D eigenvalue weighted by atomic mass is 9.78. The second-order valence-electron chi connectivity index (χ2n) is 8.13. The second kappa shape index (κ2) is 8.16. The molecule has 3 aromatic rings. The molecule has 1 aromatic carbocycles. The molecule has 1 aliphatic heterocycles. The number of hydrogen-bond donors (Lipinski definition) is 4. The molecule has 0 spiro atoms. The number of H-pyrrole nitrogens is 1. The lowest BCUT2D eigenvalue weighted by molar-refractivity contribution is -0.683. The van der Waals surface area contributed by atoms with Crippen LogP contribution in [0.4, 0.5) is 5.69 Å². The van der Waals surface area contributed by atoms with Crippen LogP contribution in [0.3, 0.4) is 0 Å². The molecule has 3 heterocycles. The molecule has 11 nitrogen and oxygen atoms in total. The maximum atomic E-state index is 12.9. The summed E-state index contributed by atoms with van der Waals surface area (Å²) in [5.74, 6) is -0.642. The van der Waals surface area contributed by atoms with Gasteiger partial charge in [-0.3, -0.25) is 9.89 Å². The van der Waals surface area contributed by atoms with Crippen LogP contribution in [0.15, 0.2) is 42.9 Å². The fourth-order valence-electron chi connectivity index (χ4n) is 4.11. The molecule has 0 saturated heterocycles. The molecule has 4 N–H and O–H groups in total. The molecule has 0 saturated carbocycles. The second-order valence-corrected chi connectivity index (χ2v) is 8.13. The number of carbonyl (C=O) groups is 1. The number of benzene rings is 1. The number of anilines is 1. The smallest absolute Gasteiger partial charge is 0.345 e. The third-order valence-electron chi connectivity index (χ3n) is 5.77. The summed E-state index contributed by atoms with van der Waals surface area (Å²) in [6.07, 6.45) is 4.80. The highest BCUT2D eigenvalue weighted by molar-refractivity contribution is 5.87. The van der Waals surface area contributed by atoms with E-state index in [1.807, 2.05) is 6.07 Å². The third kappa shape index (κ3) is 3.55. The number of ether oxygens (including phenoxy) is 1. The van der Waals surface area contributed by atoms with Gasteiger partial charge in [0.2, 0.25) is 5.41 Å². The van der Waals surface area contributed by atoms with Gasteiger partial charge in [0.05, 0.1) is 43.2 Å². The average Bonchev–Trinajstić information content (AvgIpc) is 3.41. The van der Waals surface area contributed by atoms with Crippen LogP contribution in [0.5, 0.6) is 5.75 Å². The minimum absolute atomic E-state index is 0.0301. The summed E-state index contributed by atoms with van der Waals surface area (Å²) in [6, 6.07) is 8.34. The SMILES string of the molecule is COc1ccc(C#N)cc1[C@]1(C(=O)O)CN(c2c[nH]nc2CC(C)(O)CO)[n+]2cccnc21. The first kappa shape index (κ1) is 22.2. The molecule has 170 valence electrons. The number of nitrogens with zero attached hydrogens (tertiary/aromatic N) is 5. The van der Waals surface area contributed by atoms with Gasteiger partial charge in [-0.05, 0) is 25.1 Å². The number of nitriles is 1. The Balaban J connectivity index is 1.93. The van der Waals surface area contributed by atoms with Crippen molar-refractivity contribution in [2.45, 2.75) is 24.4 Å². The van der Waals surface area contributed by atoms with E-state index >= 15 is 0 Å². The Hall–Kier alpha value is -4.01. The van der Waals surface area contributed by atoms with E-state index in [4.69, 9.17) is 4.74 Å². The minimum atomic E-state index is -1.67. The van der Waals surface area contributed by atoms with Gasteiger partial charge >= 0.3 is 11.8 Å². The third-order valence-corrected chi connectivity index (χ3v) is 5.77. The van der Waals surface area contributed by atoms with Gasteiger partial charge in [-0.15, -0.1) is 4.68 Å². The van der Waals surface area contributed by atoms with E-state index in [1.165, 1.54) is 26.3 Å². The molecule has 11 heteroatoms. The van der Waals surface area contributed by atoms with Crippen LogP contribution in [0, 0.1) is 11.3 Å². The molecule has 1 aliphatic rings. The van der Waals surface area contributed by atoms with Gasteiger partial charge in [0, 0.05) is 24.2 Å². The van der Waals surface area contributed by atoms with Crippen molar-refractivity contribution >= 4 is 11.7 Å². The Bertz CT molecular complexity index is 1250. The summed E-state index contributed by atoms with van der Waals surface area (Å²) in [5, 5.41) is 48.5. The van der Waals surface area contributed by atoms with E-state index in [1.54, 1.807) is 40.3 Å². The average molecular weight is 451 g/mol. The van der Waals surface area contributed by atoms with Crippen molar-refractivity contribution < 1.29 is 29.5 Å². The first-order valence-electron chi connectivity index (χ1n) is 10.1. The van der Waals surface area contributed by atoms with Crippen molar-refractivity contribution in [1.29, 1.82) is 5.26 Å². The maximum absolute atomic E-state index is 12.9. The molecule has 2 aromatic heterocycles. The van der Waals surface area contributed by atoms with Crippen LogP contribution in [0.25, 0.3) is 0 Å². The van der Waals surface area contributed by atoms with Crippen molar-refractivity contribution in [3.8, 4) is 11.8 Å². The van der Waals surface area contributed by atoms with Gasteiger partial charge in [0.15, 0.2) is 0 Å². The van der Waals surface area contributed by atoms with E-state index in [0.717, 1.165) is 0 Å². The van der Waals surface area contributed by atoms with Gasteiger partial charge in [0.25, 0.3) is 0 Å². The first-order valence-corrected chi connectivity index (χ1v) is 10.1. The van der Waals surface area contributed by atoms with Gasteiger partial charge < -0.3 is 20.1 Å². The normalized spacial score (nSPS) is 18.9. The lowest BCUT2D eigenvalue weighted by Crippen LogP contribution is -2.52. The Morgan fingerprint density at radius 1 is 1.48 bits per heavy atom. The Labute approximate surface area is 189 Å². The summed E-state index contributed by atoms with van der Waals surface area (Å²) in [6.45, 7) is 0.929. The molecule has 0 bridgehead atoms. The van der Waals surface area contributed by atoms with Crippen molar-refractivity contribution in [3.05, 3.63) is 65.5 Å². The number of aliphatic carboxylic acids is 1. The number of hydrogen-bond acceptors (Lipinski definition) is 8. The fourth-order valence-corrected chi connectivity index (χ4v) is 4.11. The van der Waals surface area contributed by atoms with E-state index in [2.05, 4.69) is 15.2 Å². The zero-order chi connectivity index (χ0) is 23.8. The zero-order valence-corrected chi connectivity index (χ0v) is 18.1. The Morgan fingerprint density at radius 3 is 2.94 bits per heavy atom. The summed E-state index contributed by atoms with van der Waals surface area (Å²) in [7, 11) is 1.44. The van der Waals surface area contributed by atoms with Gasteiger partial charge in [0.1, 0.15) is 23.8 Å². The monoisotopic (exact) mass is 451 g/mol. The van der Waals surface area contributed by atoms with Crippen LogP contribution in [0.2, 0.25) is 0 Å². The summed E-state index contributed by atoms with van der Waals surface area (Å²) in [5.41, 5.74) is -1.56. The molecule has 1 unspecified atom stereocenters. The predicted molar refractivity (Wildman–Crippen MR) is 113 cm³/mol. The van der Waals surface area contributed by atoms with Crippen LogP contribution in [-0.4, -0.2) is 62.3 Å². The number of aliphatic hydroxyl groups excluding tert-OH is 1. The standard InChI is InChI=1S/C22H22N6O5/c1-21(32,13-29)9-16-17(11-25-26-16)28-12-22(20(30)31,19-24-6-3-7-27(19)28)15-8-14(10-23)4-5-18(15)33-2/h3-8,11,29,32H,9,12-13H2,1-2H3,(H-,25,26,30,31)/p+1/t21?,22-/m1/s1. The molecular formula is C22H23N6O5+. The fraction of sp³-hybridized carbons (Fsp3) is 0.318. The molecule has 0 aliphatic carbocycles. The number of fused-ring (bicyclic) bond motifs is 1. The summed E-state index contributed by atoms with van der Waals surface area (Å²) < 4.78 is 7.08. The number of rotatable bonds is 7. The summed E-state index contributed by atoms with van der Waals surface area (Å²) >= 11 is 0. The highest BCUT2D eigenvalue weighted by atomic mass is 16.5. The van der Waals surface area contributed by atoms with Crippen LogP contribution in [-0.2, 0) is 16.6 Å². The summed E-state index contributed by atoms with van der Waals surface area (Å²) in [4.78, 5) is 17.3. The van der Waals surface area contributed by atoms with Crippen molar-refractivity contribution in [2.75, 3.05) is 25.3 Å². The molecule has 0 amide bonds.